The Labute approximate surface area is 103 Å². The van der Waals surface area contributed by atoms with Crippen LogP contribution in [0.3, 0.4) is 0 Å². The summed E-state index contributed by atoms with van der Waals surface area (Å²) in [4.78, 5) is 4.26. The number of hydrogen-bond acceptors (Lipinski definition) is 2. The highest BCUT2D eigenvalue weighted by atomic mass is 15.2. The van der Waals surface area contributed by atoms with Gasteiger partial charge in [0.25, 0.3) is 0 Å². The van der Waals surface area contributed by atoms with E-state index in [1.165, 1.54) is 5.56 Å². The molecule has 0 saturated heterocycles. The molecule has 3 N–H and O–H groups in total. The zero-order chi connectivity index (χ0) is 12.7. The van der Waals surface area contributed by atoms with Crippen LogP contribution in [0.5, 0.6) is 0 Å². The van der Waals surface area contributed by atoms with Crippen LogP contribution in [0, 0.1) is 5.92 Å². The van der Waals surface area contributed by atoms with E-state index in [1.807, 2.05) is 19.4 Å². The van der Waals surface area contributed by atoms with E-state index in [0.29, 0.717) is 11.9 Å². The summed E-state index contributed by atoms with van der Waals surface area (Å²) in [6.45, 7) is 5.95. The number of rotatable bonds is 6. The van der Waals surface area contributed by atoms with Gasteiger partial charge in [-0.15, -0.1) is 0 Å². The van der Waals surface area contributed by atoms with Crippen LogP contribution in [0.15, 0.2) is 17.4 Å². The van der Waals surface area contributed by atoms with Crippen LogP contribution in [0.2, 0.25) is 0 Å². The van der Waals surface area contributed by atoms with Crippen molar-refractivity contribution in [1.82, 2.24) is 15.1 Å². The summed E-state index contributed by atoms with van der Waals surface area (Å²) in [6, 6.07) is 0. The standard InChI is InChI=1S/C12H23N5/c1-10(2)4-6-14-12(13)15-7-5-11-8-16-17(3)9-11/h8-10H,4-7H2,1-3H3,(H3,13,14,15). The highest BCUT2D eigenvalue weighted by Gasteiger charge is 1.97. The number of aliphatic imine (C=N–C) groups is 1. The van der Waals surface area contributed by atoms with E-state index < -0.39 is 0 Å². The third kappa shape index (κ3) is 5.94. The number of guanidine groups is 1. The molecule has 0 fully saturated rings. The number of aromatic nitrogens is 2. The van der Waals surface area contributed by atoms with Gasteiger partial charge in [0.2, 0.25) is 0 Å². The van der Waals surface area contributed by atoms with Crippen LogP contribution in [0.25, 0.3) is 0 Å². The van der Waals surface area contributed by atoms with Gasteiger partial charge in [0.15, 0.2) is 5.96 Å². The number of nitrogens with zero attached hydrogens (tertiary/aromatic N) is 3. The first-order chi connectivity index (χ1) is 8.08. The Hall–Kier alpha value is -1.52. The molecule has 0 aliphatic rings. The number of aryl methyl sites for hydroxylation is 1. The number of nitrogens with two attached hydrogens (primary N) is 1. The molecule has 0 radical (unpaired) electrons. The second kappa shape index (κ2) is 6.93. The van der Waals surface area contributed by atoms with Crippen molar-refractivity contribution in [3.63, 3.8) is 0 Å². The number of hydrogen-bond donors (Lipinski definition) is 2. The van der Waals surface area contributed by atoms with Gasteiger partial charge < -0.3 is 11.1 Å². The average Bonchev–Trinajstić information content (AvgIpc) is 2.63. The first-order valence-electron chi connectivity index (χ1n) is 6.09. The molecule has 0 unspecified atom stereocenters. The lowest BCUT2D eigenvalue weighted by atomic mass is 10.1. The summed E-state index contributed by atoms with van der Waals surface area (Å²) in [5.41, 5.74) is 6.95. The summed E-state index contributed by atoms with van der Waals surface area (Å²) in [5.74, 6) is 1.21. The molecule has 0 aliphatic heterocycles. The van der Waals surface area contributed by atoms with E-state index in [9.17, 15) is 0 Å². The molecule has 1 heterocycles. The monoisotopic (exact) mass is 237 g/mol. The third-order valence-electron chi connectivity index (χ3n) is 2.47. The second-order valence-electron chi connectivity index (χ2n) is 4.65. The van der Waals surface area contributed by atoms with Crippen molar-refractivity contribution < 1.29 is 0 Å². The van der Waals surface area contributed by atoms with E-state index >= 15 is 0 Å². The van der Waals surface area contributed by atoms with Crippen molar-refractivity contribution in [2.45, 2.75) is 26.7 Å². The number of nitrogens with one attached hydrogen (secondary N) is 1. The van der Waals surface area contributed by atoms with E-state index in [2.05, 4.69) is 29.3 Å². The zero-order valence-corrected chi connectivity index (χ0v) is 11.0. The van der Waals surface area contributed by atoms with Crippen molar-refractivity contribution in [3.05, 3.63) is 18.0 Å². The van der Waals surface area contributed by atoms with Crippen molar-refractivity contribution >= 4 is 5.96 Å². The molecule has 1 aromatic rings. The van der Waals surface area contributed by atoms with Gasteiger partial charge in [0.05, 0.1) is 6.20 Å². The first-order valence-corrected chi connectivity index (χ1v) is 6.09. The summed E-state index contributed by atoms with van der Waals surface area (Å²) < 4.78 is 1.80. The molecule has 0 saturated carbocycles. The second-order valence-corrected chi connectivity index (χ2v) is 4.65. The van der Waals surface area contributed by atoms with Crippen molar-refractivity contribution in [2.75, 3.05) is 13.1 Å². The maximum atomic E-state index is 5.75. The van der Waals surface area contributed by atoms with Gasteiger partial charge >= 0.3 is 0 Å². The predicted molar refractivity (Wildman–Crippen MR) is 70.9 cm³/mol. The molecule has 5 heteroatoms. The van der Waals surface area contributed by atoms with Gasteiger partial charge in [-0.25, -0.2) is 0 Å². The van der Waals surface area contributed by atoms with E-state index in [1.54, 1.807) is 4.68 Å². The summed E-state index contributed by atoms with van der Waals surface area (Å²) >= 11 is 0. The summed E-state index contributed by atoms with van der Waals surface area (Å²) in [5, 5.41) is 7.22. The minimum atomic E-state index is 0.537. The van der Waals surface area contributed by atoms with Crippen molar-refractivity contribution in [1.29, 1.82) is 0 Å². The average molecular weight is 237 g/mol. The highest BCUT2D eigenvalue weighted by molar-refractivity contribution is 5.77. The molecule has 0 amide bonds. The summed E-state index contributed by atoms with van der Waals surface area (Å²) in [6.07, 6.45) is 5.86. The van der Waals surface area contributed by atoms with Crippen LogP contribution in [-0.2, 0) is 13.5 Å². The summed E-state index contributed by atoms with van der Waals surface area (Å²) in [7, 11) is 1.92. The largest absolute Gasteiger partial charge is 0.370 e. The van der Waals surface area contributed by atoms with Crippen LogP contribution < -0.4 is 11.1 Å². The Kier molecular flexibility index (Phi) is 5.52. The van der Waals surface area contributed by atoms with Gasteiger partial charge in [-0.3, -0.25) is 9.67 Å². The van der Waals surface area contributed by atoms with Gasteiger partial charge in [0.1, 0.15) is 0 Å². The lowest BCUT2D eigenvalue weighted by Crippen LogP contribution is -2.33. The SMILES string of the molecule is CC(C)CCN=C(N)NCCc1cnn(C)c1. The van der Waals surface area contributed by atoms with Crippen molar-refractivity contribution in [3.8, 4) is 0 Å². The molecule has 0 bridgehead atoms. The molecule has 0 aromatic carbocycles. The van der Waals surface area contributed by atoms with Crippen LogP contribution in [-0.4, -0.2) is 28.8 Å². The maximum absolute atomic E-state index is 5.75. The van der Waals surface area contributed by atoms with E-state index in [-0.39, 0.29) is 0 Å². The Morgan fingerprint density at radius 3 is 2.94 bits per heavy atom. The molecule has 1 aromatic heterocycles. The Morgan fingerprint density at radius 2 is 2.35 bits per heavy atom. The molecule has 96 valence electrons. The molecular weight excluding hydrogens is 214 g/mol. The molecule has 0 spiro atoms. The smallest absolute Gasteiger partial charge is 0.188 e. The van der Waals surface area contributed by atoms with E-state index in [0.717, 1.165) is 25.9 Å². The lowest BCUT2D eigenvalue weighted by molar-refractivity contribution is 0.595. The fourth-order valence-corrected chi connectivity index (χ4v) is 1.43. The van der Waals surface area contributed by atoms with Gasteiger partial charge in [0, 0.05) is 26.3 Å². The zero-order valence-electron chi connectivity index (χ0n) is 11.0. The van der Waals surface area contributed by atoms with E-state index in [4.69, 9.17) is 5.73 Å². The quantitative estimate of drug-likeness (QED) is 0.571. The highest BCUT2D eigenvalue weighted by Crippen LogP contribution is 1.98. The minimum Gasteiger partial charge on any atom is -0.370 e. The Balaban J connectivity index is 2.17. The molecule has 17 heavy (non-hydrogen) atoms. The normalized spacial score (nSPS) is 12.1. The lowest BCUT2D eigenvalue weighted by Gasteiger charge is -2.05. The van der Waals surface area contributed by atoms with Gasteiger partial charge in [-0.05, 0) is 24.3 Å². The fraction of sp³-hybridized carbons (Fsp3) is 0.667. The first kappa shape index (κ1) is 13.5. The third-order valence-corrected chi connectivity index (χ3v) is 2.47. The van der Waals surface area contributed by atoms with Crippen LogP contribution >= 0.6 is 0 Å². The van der Waals surface area contributed by atoms with Crippen molar-refractivity contribution in [2.24, 2.45) is 23.7 Å². The maximum Gasteiger partial charge on any atom is 0.188 e. The predicted octanol–water partition coefficient (Wildman–Crippen LogP) is 0.913. The van der Waals surface area contributed by atoms with Gasteiger partial charge in [-0.2, -0.15) is 5.10 Å². The van der Waals surface area contributed by atoms with Crippen LogP contribution in [0.1, 0.15) is 25.8 Å². The minimum absolute atomic E-state index is 0.537. The molecule has 0 aliphatic carbocycles. The van der Waals surface area contributed by atoms with Gasteiger partial charge in [-0.1, -0.05) is 13.8 Å². The molecule has 5 nitrogen and oxygen atoms in total. The molecular formula is C12H23N5. The molecule has 1 rings (SSSR count). The Bertz CT molecular complexity index is 354. The Morgan fingerprint density at radius 1 is 1.59 bits per heavy atom. The fourth-order valence-electron chi connectivity index (χ4n) is 1.43. The topological polar surface area (TPSA) is 68.2 Å². The molecule has 0 atom stereocenters. The van der Waals surface area contributed by atoms with Crippen LogP contribution in [0.4, 0.5) is 0 Å².